The van der Waals surface area contributed by atoms with Crippen LogP contribution in [0.5, 0.6) is 5.75 Å². The van der Waals surface area contributed by atoms with Crippen molar-refractivity contribution in [1.29, 1.82) is 0 Å². The summed E-state index contributed by atoms with van der Waals surface area (Å²) in [6.07, 6.45) is -2.84. The number of amides is 1. The van der Waals surface area contributed by atoms with Crippen LogP contribution in [-0.2, 0) is 17.4 Å². The Balaban J connectivity index is 1.64. The highest BCUT2D eigenvalue weighted by atomic mass is 19.4. The van der Waals surface area contributed by atoms with Crippen LogP contribution in [0, 0.1) is 5.82 Å². The standard InChI is InChI=1S/C24H22F4N4O2/c1-13-14-5-2-6-16(24(26,27)28)22(14)34-10-4-7-20-30-18-12-17(25)19(32-9-3-8-21(32)33)11-15(18)23(29-13)31-20/h2,5-6,11-13H,3-4,7-10H2,1H3,(H,29,30,31)/t13-/m1/s1. The van der Waals surface area contributed by atoms with Crippen LogP contribution in [-0.4, -0.2) is 29.0 Å². The Morgan fingerprint density at radius 2 is 1.97 bits per heavy atom. The number of para-hydroxylation sites is 1. The van der Waals surface area contributed by atoms with Gasteiger partial charge in [-0.05, 0) is 31.9 Å². The minimum atomic E-state index is -4.57. The van der Waals surface area contributed by atoms with E-state index in [2.05, 4.69) is 15.3 Å². The maximum absolute atomic E-state index is 15.0. The number of rotatable bonds is 1. The Labute approximate surface area is 192 Å². The van der Waals surface area contributed by atoms with Gasteiger partial charge in [-0.2, -0.15) is 13.2 Å². The summed E-state index contributed by atoms with van der Waals surface area (Å²) in [6, 6.07) is 6.14. The molecule has 0 unspecified atom stereocenters. The first-order chi connectivity index (χ1) is 16.2. The van der Waals surface area contributed by atoms with Crippen LogP contribution in [0.2, 0.25) is 0 Å². The fourth-order valence-electron chi connectivity index (χ4n) is 4.49. The maximum atomic E-state index is 15.0. The molecule has 2 aliphatic rings. The third-order valence-corrected chi connectivity index (χ3v) is 6.14. The van der Waals surface area contributed by atoms with Gasteiger partial charge in [-0.3, -0.25) is 4.79 Å². The summed E-state index contributed by atoms with van der Waals surface area (Å²) >= 11 is 0. The zero-order valence-corrected chi connectivity index (χ0v) is 18.4. The van der Waals surface area contributed by atoms with Crippen LogP contribution in [0.15, 0.2) is 30.3 Å². The van der Waals surface area contributed by atoms with Crippen molar-refractivity contribution in [3.8, 4) is 5.75 Å². The fourth-order valence-corrected chi connectivity index (χ4v) is 4.49. The van der Waals surface area contributed by atoms with Gasteiger partial charge in [0.2, 0.25) is 5.91 Å². The fraction of sp³-hybridized carbons (Fsp3) is 0.375. The highest BCUT2D eigenvalue weighted by Crippen LogP contribution is 2.41. The first-order valence-corrected chi connectivity index (χ1v) is 11.1. The van der Waals surface area contributed by atoms with Gasteiger partial charge >= 0.3 is 6.18 Å². The van der Waals surface area contributed by atoms with Crippen molar-refractivity contribution < 1.29 is 27.1 Å². The van der Waals surface area contributed by atoms with E-state index in [9.17, 15) is 22.4 Å². The molecule has 10 heteroatoms. The number of fused-ring (bicyclic) bond motifs is 5. The van der Waals surface area contributed by atoms with Gasteiger partial charge in [0, 0.05) is 36.4 Å². The third kappa shape index (κ3) is 4.01. The highest BCUT2D eigenvalue weighted by Gasteiger charge is 2.36. The number of anilines is 2. The summed E-state index contributed by atoms with van der Waals surface area (Å²) in [4.78, 5) is 22.7. The second-order valence-electron chi connectivity index (χ2n) is 8.50. The average molecular weight is 474 g/mol. The summed E-state index contributed by atoms with van der Waals surface area (Å²) in [6.45, 7) is 2.18. The molecule has 2 aliphatic heterocycles. The lowest BCUT2D eigenvalue weighted by atomic mass is 10.0. The average Bonchev–Trinajstić information content (AvgIpc) is 3.19. The molecule has 1 aromatic heterocycles. The van der Waals surface area contributed by atoms with Crippen molar-refractivity contribution in [3.63, 3.8) is 0 Å². The molecule has 178 valence electrons. The number of carbonyl (C=O) groups is 1. The van der Waals surface area contributed by atoms with Gasteiger partial charge in [0.15, 0.2) is 0 Å². The second-order valence-corrected chi connectivity index (χ2v) is 8.50. The van der Waals surface area contributed by atoms with Crippen molar-refractivity contribution >= 4 is 28.3 Å². The number of hydrogen-bond acceptors (Lipinski definition) is 5. The number of halogens is 4. The molecule has 5 rings (SSSR count). The minimum absolute atomic E-state index is 0.0495. The van der Waals surface area contributed by atoms with Crippen molar-refractivity contribution in [3.05, 3.63) is 53.1 Å². The zero-order chi connectivity index (χ0) is 24.0. The number of alkyl halides is 3. The molecule has 34 heavy (non-hydrogen) atoms. The van der Waals surface area contributed by atoms with Crippen molar-refractivity contribution in [1.82, 2.24) is 9.97 Å². The Kier molecular flexibility index (Phi) is 5.53. The van der Waals surface area contributed by atoms with Crippen LogP contribution >= 0.6 is 0 Å². The molecule has 0 aliphatic carbocycles. The summed E-state index contributed by atoms with van der Waals surface area (Å²) in [7, 11) is 0. The maximum Gasteiger partial charge on any atom is 0.419 e. The number of hydrogen-bond donors (Lipinski definition) is 1. The predicted octanol–water partition coefficient (Wildman–Crippen LogP) is 5.41. The number of ether oxygens (including phenoxy) is 1. The summed E-state index contributed by atoms with van der Waals surface area (Å²) < 4.78 is 61.6. The monoisotopic (exact) mass is 474 g/mol. The molecule has 1 atom stereocenters. The molecule has 3 heterocycles. The number of nitrogens with one attached hydrogen (secondary N) is 1. The molecular formula is C24H22F4N4O2. The van der Waals surface area contributed by atoms with Crippen molar-refractivity contribution in [2.45, 2.75) is 44.8 Å². The van der Waals surface area contributed by atoms with Gasteiger partial charge < -0.3 is 15.0 Å². The topological polar surface area (TPSA) is 67.4 Å². The van der Waals surface area contributed by atoms with Gasteiger partial charge in [0.05, 0.1) is 29.4 Å². The Morgan fingerprint density at radius 1 is 1.15 bits per heavy atom. The van der Waals surface area contributed by atoms with E-state index < -0.39 is 23.6 Å². The smallest absolute Gasteiger partial charge is 0.419 e. The summed E-state index contributed by atoms with van der Waals surface area (Å²) in [5.74, 6) is -0.131. The number of benzene rings is 2. The number of carbonyl (C=O) groups excluding carboxylic acids is 1. The minimum Gasteiger partial charge on any atom is -0.493 e. The lowest BCUT2D eigenvalue weighted by molar-refractivity contribution is -0.139. The molecule has 1 saturated heterocycles. The molecule has 1 amide bonds. The van der Waals surface area contributed by atoms with E-state index in [0.29, 0.717) is 60.3 Å². The van der Waals surface area contributed by atoms with E-state index in [0.717, 1.165) is 6.07 Å². The first-order valence-electron chi connectivity index (χ1n) is 11.1. The van der Waals surface area contributed by atoms with E-state index in [-0.39, 0.29) is 24.0 Å². The number of aromatic nitrogens is 2. The van der Waals surface area contributed by atoms with Crippen molar-refractivity contribution in [2.75, 3.05) is 23.4 Å². The van der Waals surface area contributed by atoms with E-state index in [4.69, 9.17) is 4.74 Å². The van der Waals surface area contributed by atoms with Gasteiger partial charge in [0.1, 0.15) is 23.2 Å². The molecule has 2 bridgehead atoms. The first kappa shape index (κ1) is 22.4. The summed E-state index contributed by atoms with van der Waals surface area (Å²) in [5.41, 5.74) is 0.00559. The quantitative estimate of drug-likeness (QED) is 0.478. The molecule has 0 saturated carbocycles. The molecular weight excluding hydrogens is 452 g/mol. The highest BCUT2D eigenvalue weighted by molar-refractivity contribution is 5.99. The number of nitrogens with zero attached hydrogens (tertiary/aromatic N) is 3. The predicted molar refractivity (Wildman–Crippen MR) is 118 cm³/mol. The van der Waals surface area contributed by atoms with Crippen LogP contribution in [0.1, 0.15) is 49.2 Å². The lowest BCUT2D eigenvalue weighted by Gasteiger charge is -2.22. The SMILES string of the molecule is C[C@H]1Nc2nc(nc3cc(F)c(N4CCCC4=O)cc23)CCCOc2c1cccc2C(F)(F)F. The van der Waals surface area contributed by atoms with Crippen LogP contribution in [0.3, 0.4) is 0 Å². The van der Waals surface area contributed by atoms with E-state index >= 15 is 0 Å². The second kappa shape index (κ2) is 8.41. The lowest BCUT2D eigenvalue weighted by Crippen LogP contribution is -2.24. The Bertz CT molecular complexity index is 1280. The van der Waals surface area contributed by atoms with Gasteiger partial charge in [-0.25, -0.2) is 14.4 Å². The Hall–Kier alpha value is -3.43. The normalized spacial score (nSPS) is 18.8. The van der Waals surface area contributed by atoms with E-state index in [1.807, 2.05) is 0 Å². The molecule has 6 nitrogen and oxygen atoms in total. The van der Waals surface area contributed by atoms with E-state index in [1.165, 1.54) is 23.1 Å². The molecule has 2 aromatic carbocycles. The van der Waals surface area contributed by atoms with Gasteiger partial charge in [0.25, 0.3) is 0 Å². The van der Waals surface area contributed by atoms with Crippen LogP contribution < -0.4 is 15.0 Å². The van der Waals surface area contributed by atoms with Crippen molar-refractivity contribution in [2.24, 2.45) is 0 Å². The zero-order valence-electron chi connectivity index (χ0n) is 18.4. The molecule has 3 aromatic rings. The molecule has 1 fully saturated rings. The Morgan fingerprint density at radius 3 is 2.71 bits per heavy atom. The van der Waals surface area contributed by atoms with Crippen LogP contribution in [0.25, 0.3) is 10.9 Å². The molecule has 0 spiro atoms. The van der Waals surface area contributed by atoms with Gasteiger partial charge in [-0.1, -0.05) is 12.1 Å². The third-order valence-electron chi connectivity index (χ3n) is 6.14. The summed E-state index contributed by atoms with van der Waals surface area (Å²) in [5, 5.41) is 3.67. The van der Waals surface area contributed by atoms with Gasteiger partial charge in [-0.15, -0.1) is 0 Å². The molecule has 1 N–H and O–H groups in total. The largest absolute Gasteiger partial charge is 0.493 e. The number of aryl methyl sites for hydroxylation is 1. The van der Waals surface area contributed by atoms with E-state index in [1.54, 1.807) is 13.0 Å². The molecule has 0 radical (unpaired) electrons. The van der Waals surface area contributed by atoms with Crippen LogP contribution in [0.4, 0.5) is 29.1 Å².